The van der Waals surface area contributed by atoms with Crippen molar-refractivity contribution in [1.82, 2.24) is 0 Å². The van der Waals surface area contributed by atoms with Crippen molar-refractivity contribution in [3.8, 4) is 0 Å². The monoisotopic (exact) mass is 276 g/mol. The molecule has 3 N–H and O–H groups in total. The number of anilines is 2. The number of halogens is 2. The fraction of sp³-hybridized carbons (Fsp3) is 0.133. The molecule has 0 aliphatic carbocycles. The van der Waals surface area contributed by atoms with E-state index < -0.39 is 17.5 Å². The summed E-state index contributed by atoms with van der Waals surface area (Å²) in [7, 11) is 0. The molecule has 1 amide bonds. The number of hydrogen-bond donors (Lipinski definition) is 2. The Labute approximate surface area is 115 Å². The molecule has 0 spiro atoms. The number of carbonyl (C=O) groups excluding carboxylic acids is 1. The molecule has 0 fully saturated rings. The summed E-state index contributed by atoms with van der Waals surface area (Å²) in [6, 6.07) is 6.56. The number of nitrogens with two attached hydrogens (primary N) is 1. The number of hydrogen-bond acceptors (Lipinski definition) is 2. The first-order valence-corrected chi connectivity index (χ1v) is 6.01. The molecule has 0 heterocycles. The maximum atomic E-state index is 13.1. The van der Waals surface area contributed by atoms with Crippen molar-refractivity contribution in [1.29, 1.82) is 0 Å². The number of rotatable bonds is 2. The number of carbonyl (C=O) groups is 1. The molecule has 0 bridgehead atoms. The summed E-state index contributed by atoms with van der Waals surface area (Å²) >= 11 is 0. The van der Waals surface area contributed by atoms with Crippen LogP contribution in [-0.2, 0) is 0 Å². The van der Waals surface area contributed by atoms with Gasteiger partial charge >= 0.3 is 0 Å². The number of nitrogens with one attached hydrogen (secondary N) is 1. The smallest absolute Gasteiger partial charge is 0.256 e. The van der Waals surface area contributed by atoms with Gasteiger partial charge in [-0.1, -0.05) is 6.07 Å². The first-order valence-electron chi connectivity index (χ1n) is 6.01. The maximum Gasteiger partial charge on any atom is 0.256 e. The molecular formula is C15H14F2N2O. The summed E-state index contributed by atoms with van der Waals surface area (Å²) in [5.41, 5.74) is 8.51. The van der Waals surface area contributed by atoms with Gasteiger partial charge in [-0.3, -0.25) is 4.79 Å². The van der Waals surface area contributed by atoms with Crippen LogP contribution in [0.25, 0.3) is 0 Å². The van der Waals surface area contributed by atoms with E-state index in [0.29, 0.717) is 11.3 Å². The zero-order valence-electron chi connectivity index (χ0n) is 11.1. The van der Waals surface area contributed by atoms with Crippen LogP contribution in [0.2, 0.25) is 0 Å². The molecular weight excluding hydrogens is 262 g/mol. The topological polar surface area (TPSA) is 55.1 Å². The lowest BCUT2D eigenvalue weighted by molar-refractivity contribution is 0.102. The van der Waals surface area contributed by atoms with Crippen molar-refractivity contribution in [3.05, 3.63) is 58.7 Å². The highest BCUT2D eigenvalue weighted by atomic mass is 19.2. The van der Waals surface area contributed by atoms with Crippen molar-refractivity contribution in [2.24, 2.45) is 0 Å². The van der Waals surface area contributed by atoms with E-state index in [1.165, 1.54) is 6.07 Å². The van der Waals surface area contributed by atoms with E-state index in [4.69, 9.17) is 5.73 Å². The summed E-state index contributed by atoms with van der Waals surface area (Å²) in [6.45, 7) is 3.63. The van der Waals surface area contributed by atoms with E-state index in [1.807, 2.05) is 6.92 Å². The highest BCUT2D eigenvalue weighted by Gasteiger charge is 2.12. The molecule has 5 heteroatoms. The molecule has 0 aromatic heterocycles. The van der Waals surface area contributed by atoms with Gasteiger partial charge in [0.25, 0.3) is 5.91 Å². The summed E-state index contributed by atoms with van der Waals surface area (Å²) < 4.78 is 25.9. The quantitative estimate of drug-likeness (QED) is 0.826. The van der Waals surface area contributed by atoms with Gasteiger partial charge in [-0.25, -0.2) is 8.78 Å². The third-order valence-corrected chi connectivity index (χ3v) is 3.04. The second-order valence-corrected chi connectivity index (χ2v) is 4.61. The number of benzene rings is 2. The van der Waals surface area contributed by atoms with Crippen molar-refractivity contribution < 1.29 is 13.6 Å². The summed E-state index contributed by atoms with van der Waals surface area (Å²) in [6.07, 6.45) is 0. The predicted octanol–water partition coefficient (Wildman–Crippen LogP) is 3.42. The molecule has 2 aromatic carbocycles. The van der Waals surface area contributed by atoms with Gasteiger partial charge in [0, 0.05) is 23.0 Å². The van der Waals surface area contributed by atoms with Crippen molar-refractivity contribution in [2.75, 3.05) is 11.1 Å². The predicted molar refractivity (Wildman–Crippen MR) is 74.6 cm³/mol. The van der Waals surface area contributed by atoms with Crippen molar-refractivity contribution in [3.63, 3.8) is 0 Å². The minimum absolute atomic E-state index is 0.187. The van der Waals surface area contributed by atoms with Gasteiger partial charge in [0.1, 0.15) is 0 Å². The van der Waals surface area contributed by atoms with Crippen LogP contribution in [-0.4, -0.2) is 5.91 Å². The fourth-order valence-corrected chi connectivity index (χ4v) is 1.89. The van der Waals surface area contributed by atoms with Gasteiger partial charge in [-0.2, -0.15) is 0 Å². The Hall–Kier alpha value is -2.43. The Bertz CT molecular complexity index is 684. The van der Waals surface area contributed by atoms with Crippen LogP contribution >= 0.6 is 0 Å². The van der Waals surface area contributed by atoms with Crippen LogP contribution < -0.4 is 11.1 Å². The Morgan fingerprint density at radius 2 is 1.75 bits per heavy atom. The van der Waals surface area contributed by atoms with Crippen LogP contribution in [0.4, 0.5) is 20.2 Å². The summed E-state index contributed by atoms with van der Waals surface area (Å²) in [5.74, 6) is -2.39. The first-order chi connectivity index (χ1) is 9.38. The number of amides is 1. The van der Waals surface area contributed by atoms with E-state index in [9.17, 15) is 13.6 Å². The lowest BCUT2D eigenvalue weighted by Gasteiger charge is -2.10. The lowest BCUT2D eigenvalue weighted by Crippen LogP contribution is -2.14. The van der Waals surface area contributed by atoms with Crippen LogP contribution in [0.1, 0.15) is 21.5 Å². The Morgan fingerprint density at radius 3 is 2.40 bits per heavy atom. The van der Waals surface area contributed by atoms with Crippen LogP contribution in [0.15, 0.2) is 30.3 Å². The van der Waals surface area contributed by atoms with E-state index in [-0.39, 0.29) is 5.69 Å². The number of nitrogen functional groups attached to an aromatic ring is 1. The SMILES string of the molecule is Cc1cc(C)c(C(=O)Nc2ccc(F)c(F)c2)cc1N. The van der Waals surface area contributed by atoms with Gasteiger partial charge < -0.3 is 11.1 Å². The molecule has 0 atom stereocenters. The van der Waals surface area contributed by atoms with Crippen LogP contribution in [0.5, 0.6) is 0 Å². The normalized spacial score (nSPS) is 10.4. The third-order valence-electron chi connectivity index (χ3n) is 3.04. The summed E-state index contributed by atoms with van der Waals surface area (Å²) in [5, 5.41) is 2.51. The zero-order chi connectivity index (χ0) is 14.9. The molecule has 2 rings (SSSR count). The first kappa shape index (κ1) is 14.0. The molecule has 0 saturated carbocycles. The second kappa shape index (κ2) is 5.28. The maximum absolute atomic E-state index is 13.1. The standard InChI is InChI=1S/C15H14F2N2O/c1-8-5-9(2)14(18)7-11(8)15(20)19-10-3-4-12(16)13(17)6-10/h3-7H,18H2,1-2H3,(H,19,20). The van der Waals surface area contributed by atoms with E-state index >= 15 is 0 Å². The average Bonchev–Trinajstić information content (AvgIpc) is 2.38. The molecule has 2 aromatic rings. The number of aryl methyl sites for hydroxylation is 2. The second-order valence-electron chi connectivity index (χ2n) is 4.61. The molecule has 0 saturated heterocycles. The minimum Gasteiger partial charge on any atom is -0.398 e. The largest absolute Gasteiger partial charge is 0.398 e. The van der Waals surface area contributed by atoms with Gasteiger partial charge in [0.05, 0.1) is 0 Å². The third kappa shape index (κ3) is 2.77. The molecule has 0 aliphatic heterocycles. The van der Waals surface area contributed by atoms with Gasteiger partial charge in [0.15, 0.2) is 11.6 Å². The minimum atomic E-state index is -1.01. The van der Waals surface area contributed by atoms with Crippen LogP contribution in [0.3, 0.4) is 0 Å². The molecule has 0 radical (unpaired) electrons. The van der Waals surface area contributed by atoms with Gasteiger partial charge in [-0.05, 0) is 43.2 Å². The molecule has 104 valence electrons. The Balaban J connectivity index is 2.28. The average molecular weight is 276 g/mol. The molecule has 3 nitrogen and oxygen atoms in total. The van der Waals surface area contributed by atoms with Crippen molar-refractivity contribution in [2.45, 2.75) is 13.8 Å². The van der Waals surface area contributed by atoms with Gasteiger partial charge in [-0.15, -0.1) is 0 Å². The van der Waals surface area contributed by atoms with Gasteiger partial charge in [0.2, 0.25) is 0 Å². The Morgan fingerprint density at radius 1 is 1.05 bits per heavy atom. The lowest BCUT2D eigenvalue weighted by atomic mass is 10.0. The van der Waals surface area contributed by atoms with E-state index in [2.05, 4.69) is 5.32 Å². The highest BCUT2D eigenvalue weighted by molar-refractivity contribution is 6.05. The summed E-state index contributed by atoms with van der Waals surface area (Å²) in [4.78, 5) is 12.1. The molecule has 20 heavy (non-hydrogen) atoms. The van der Waals surface area contributed by atoms with Crippen LogP contribution in [0, 0.1) is 25.5 Å². The molecule has 0 aliphatic rings. The molecule has 0 unspecified atom stereocenters. The fourth-order valence-electron chi connectivity index (χ4n) is 1.89. The van der Waals surface area contributed by atoms with E-state index in [0.717, 1.165) is 23.3 Å². The highest BCUT2D eigenvalue weighted by Crippen LogP contribution is 2.20. The van der Waals surface area contributed by atoms with E-state index in [1.54, 1.807) is 19.1 Å². The van der Waals surface area contributed by atoms with Crippen molar-refractivity contribution >= 4 is 17.3 Å². The Kier molecular flexibility index (Phi) is 3.70. The zero-order valence-corrected chi connectivity index (χ0v) is 11.1.